The number of likely N-dealkylation sites (tertiary alicyclic amines) is 1. The van der Waals surface area contributed by atoms with Gasteiger partial charge in [0.25, 0.3) is 0 Å². The Balaban J connectivity index is 2.17. The summed E-state index contributed by atoms with van der Waals surface area (Å²) in [6, 6.07) is 3.65. The molecule has 1 aromatic rings. The summed E-state index contributed by atoms with van der Waals surface area (Å²) in [5.74, 6) is 0.903. The standard InChI is InChI=1S/C13H11F2NO/c1-2-9-6-13(17)16(7-9)8-10-11(14)4-3-5-12(10)15/h1,3-5,9H,6-8H2. The Morgan fingerprint density at radius 2 is 2.06 bits per heavy atom. The van der Waals surface area contributed by atoms with Crippen molar-refractivity contribution in [3.8, 4) is 12.3 Å². The minimum Gasteiger partial charge on any atom is -0.337 e. The molecule has 0 aliphatic carbocycles. The maximum absolute atomic E-state index is 13.4. The van der Waals surface area contributed by atoms with Gasteiger partial charge in [-0.15, -0.1) is 12.3 Å². The zero-order valence-corrected chi connectivity index (χ0v) is 9.12. The predicted octanol–water partition coefficient (Wildman–Crippen LogP) is 1.95. The van der Waals surface area contributed by atoms with E-state index >= 15 is 0 Å². The maximum atomic E-state index is 13.4. The molecule has 1 amide bonds. The first kappa shape index (κ1) is 11.6. The monoisotopic (exact) mass is 235 g/mol. The van der Waals surface area contributed by atoms with E-state index in [1.807, 2.05) is 0 Å². The van der Waals surface area contributed by atoms with Gasteiger partial charge in [-0.25, -0.2) is 8.78 Å². The van der Waals surface area contributed by atoms with Crippen molar-refractivity contribution >= 4 is 5.91 Å². The van der Waals surface area contributed by atoms with Crippen molar-refractivity contribution in [3.05, 3.63) is 35.4 Å². The van der Waals surface area contributed by atoms with Gasteiger partial charge in [0.15, 0.2) is 0 Å². The fraction of sp³-hybridized carbons (Fsp3) is 0.308. The lowest BCUT2D eigenvalue weighted by molar-refractivity contribution is -0.128. The largest absolute Gasteiger partial charge is 0.337 e. The van der Waals surface area contributed by atoms with E-state index in [0.717, 1.165) is 0 Å². The number of terminal acetylenes is 1. The van der Waals surface area contributed by atoms with E-state index in [-0.39, 0.29) is 30.4 Å². The lowest BCUT2D eigenvalue weighted by atomic mass is 10.1. The van der Waals surface area contributed by atoms with E-state index in [1.165, 1.54) is 23.1 Å². The summed E-state index contributed by atoms with van der Waals surface area (Å²) in [4.78, 5) is 13.0. The van der Waals surface area contributed by atoms with Crippen molar-refractivity contribution in [1.29, 1.82) is 0 Å². The van der Waals surface area contributed by atoms with Crippen LogP contribution in [0.5, 0.6) is 0 Å². The second-order valence-electron chi connectivity index (χ2n) is 4.04. The highest BCUT2D eigenvalue weighted by Crippen LogP contribution is 2.21. The van der Waals surface area contributed by atoms with Crippen LogP contribution in [-0.4, -0.2) is 17.4 Å². The molecule has 88 valence electrons. The Kier molecular flexibility index (Phi) is 3.10. The average Bonchev–Trinajstić information content (AvgIpc) is 2.65. The highest BCUT2D eigenvalue weighted by atomic mass is 19.1. The van der Waals surface area contributed by atoms with Gasteiger partial charge >= 0.3 is 0 Å². The van der Waals surface area contributed by atoms with E-state index in [4.69, 9.17) is 6.42 Å². The molecule has 17 heavy (non-hydrogen) atoms. The number of nitrogens with zero attached hydrogens (tertiary/aromatic N) is 1. The molecular formula is C13H11F2NO. The van der Waals surface area contributed by atoms with E-state index in [2.05, 4.69) is 5.92 Å². The fourth-order valence-corrected chi connectivity index (χ4v) is 1.91. The third kappa shape index (κ3) is 2.28. The van der Waals surface area contributed by atoms with Crippen molar-refractivity contribution in [3.63, 3.8) is 0 Å². The third-order valence-corrected chi connectivity index (χ3v) is 2.86. The molecule has 0 saturated carbocycles. The number of benzene rings is 1. The van der Waals surface area contributed by atoms with Crippen LogP contribution in [0.15, 0.2) is 18.2 Å². The molecule has 2 nitrogen and oxygen atoms in total. The number of hydrogen-bond donors (Lipinski definition) is 0. The van der Waals surface area contributed by atoms with Crippen molar-refractivity contribution in [1.82, 2.24) is 4.90 Å². The molecule has 1 heterocycles. The summed E-state index contributed by atoms with van der Waals surface area (Å²) in [7, 11) is 0. The zero-order chi connectivity index (χ0) is 12.4. The molecule has 4 heteroatoms. The first-order valence-electron chi connectivity index (χ1n) is 5.28. The third-order valence-electron chi connectivity index (χ3n) is 2.86. The van der Waals surface area contributed by atoms with Crippen LogP contribution in [0.25, 0.3) is 0 Å². The summed E-state index contributed by atoms with van der Waals surface area (Å²) in [5, 5.41) is 0. The number of amides is 1. The number of halogens is 2. The van der Waals surface area contributed by atoms with E-state index in [0.29, 0.717) is 6.54 Å². The van der Waals surface area contributed by atoms with Crippen LogP contribution in [-0.2, 0) is 11.3 Å². The molecule has 2 rings (SSSR count). The predicted molar refractivity (Wildman–Crippen MR) is 58.7 cm³/mol. The smallest absolute Gasteiger partial charge is 0.224 e. The number of rotatable bonds is 2. The first-order valence-corrected chi connectivity index (χ1v) is 5.28. The van der Waals surface area contributed by atoms with Crippen LogP contribution in [0.2, 0.25) is 0 Å². The minimum atomic E-state index is -0.637. The highest BCUT2D eigenvalue weighted by Gasteiger charge is 2.29. The zero-order valence-electron chi connectivity index (χ0n) is 9.12. The Labute approximate surface area is 98.2 Å². The van der Waals surface area contributed by atoms with Crippen molar-refractivity contribution in [2.24, 2.45) is 5.92 Å². The Morgan fingerprint density at radius 3 is 2.59 bits per heavy atom. The van der Waals surface area contributed by atoms with Gasteiger partial charge in [-0.1, -0.05) is 6.07 Å². The Bertz CT molecular complexity index is 472. The molecule has 1 fully saturated rings. The molecular weight excluding hydrogens is 224 g/mol. The molecule has 1 atom stereocenters. The van der Waals surface area contributed by atoms with E-state index in [9.17, 15) is 13.6 Å². The lowest BCUT2D eigenvalue weighted by Gasteiger charge is -2.16. The molecule has 0 radical (unpaired) electrons. The van der Waals surface area contributed by atoms with Gasteiger partial charge in [0.1, 0.15) is 11.6 Å². The number of hydrogen-bond acceptors (Lipinski definition) is 1. The van der Waals surface area contributed by atoms with Crippen LogP contribution < -0.4 is 0 Å². The van der Waals surface area contributed by atoms with Gasteiger partial charge in [0, 0.05) is 24.4 Å². The van der Waals surface area contributed by atoms with Crippen molar-refractivity contribution < 1.29 is 13.6 Å². The maximum Gasteiger partial charge on any atom is 0.224 e. The molecule has 1 saturated heterocycles. The van der Waals surface area contributed by atoms with Crippen LogP contribution in [0, 0.1) is 29.9 Å². The second kappa shape index (κ2) is 4.54. The molecule has 0 aromatic heterocycles. The Morgan fingerprint density at radius 1 is 1.41 bits per heavy atom. The van der Waals surface area contributed by atoms with Crippen LogP contribution in [0.1, 0.15) is 12.0 Å². The molecule has 0 spiro atoms. The van der Waals surface area contributed by atoms with Crippen molar-refractivity contribution in [2.75, 3.05) is 6.54 Å². The summed E-state index contributed by atoms with van der Waals surface area (Å²) >= 11 is 0. The summed E-state index contributed by atoms with van der Waals surface area (Å²) in [6.07, 6.45) is 5.49. The Hall–Kier alpha value is -1.89. The van der Waals surface area contributed by atoms with E-state index in [1.54, 1.807) is 0 Å². The highest BCUT2D eigenvalue weighted by molar-refractivity contribution is 5.79. The summed E-state index contributed by atoms with van der Waals surface area (Å²) in [6.45, 7) is 0.304. The quantitative estimate of drug-likeness (QED) is 0.717. The molecule has 1 unspecified atom stereocenters. The average molecular weight is 235 g/mol. The molecule has 0 N–H and O–H groups in total. The van der Waals surface area contributed by atoms with Crippen molar-refractivity contribution in [2.45, 2.75) is 13.0 Å². The molecule has 1 aromatic carbocycles. The minimum absolute atomic E-state index is 0.0600. The number of carbonyl (C=O) groups is 1. The van der Waals surface area contributed by atoms with Gasteiger partial charge in [0.2, 0.25) is 5.91 Å². The van der Waals surface area contributed by atoms with Gasteiger partial charge < -0.3 is 4.90 Å². The number of carbonyl (C=O) groups excluding carboxylic acids is 1. The fourth-order valence-electron chi connectivity index (χ4n) is 1.91. The van der Waals surface area contributed by atoms with Gasteiger partial charge in [-0.05, 0) is 12.1 Å². The first-order chi connectivity index (χ1) is 8.11. The topological polar surface area (TPSA) is 20.3 Å². The van der Waals surface area contributed by atoms with Crippen LogP contribution in [0.3, 0.4) is 0 Å². The van der Waals surface area contributed by atoms with Crippen LogP contribution in [0.4, 0.5) is 8.78 Å². The SMILES string of the molecule is C#CC1CC(=O)N(Cc2c(F)cccc2F)C1. The molecule has 1 aliphatic heterocycles. The lowest BCUT2D eigenvalue weighted by Crippen LogP contribution is -2.25. The second-order valence-corrected chi connectivity index (χ2v) is 4.04. The normalized spacial score (nSPS) is 19.5. The van der Waals surface area contributed by atoms with Gasteiger partial charge in [-0.3, -0.25) is 4.79 Å². The molecule has 0 bridgehead atoms. The van der Waals surface area contributed by atoms with Gasteiger partial charge in [-0.2, -0.15) is 0 Å². The van der Waals surface area contributed by atoms with Gasteiger partial charge in [0.05, 0.1) is 6.54 Å². The van der Waals surface area contributed by atoms with Crippen LogP contribution >= 0.6 is 0 Å². The summed E-state index contributed by atoms with van der Waals surface area (Å²) < 4.78 is 26.8. The van der Waals surface area contributed by atoms with E-state index < -0.39 is 11.6 Å². The molecule has 1 aliphatic rings. The summed E-state index contributed by atoms with van der Waals surface area (Å²) in [5.41, 5.74) is -0.0847.